The van der Waals surface area contributed by atoms with E-state index in [2.05, 4.69) is 10.5 Å². The predicted molar refractivity (Wildman–Crippen MR) is 76.8 cm³/mol. The van der Waals surface area contributed by atoms with Gasteiger partial charge in [0.05, 0.1) is 18.8 Å². The van der Waals surface area contributed by atoms with Crippen LogP contribution in [0.4, 0.5) is 4.39 Å². The van der Waals surface area contributed by atoms with Crippen LogP contribution in [0.5, 0.6) is 0 Å². The molecule has 0 spiro atoms. The van der Waals surface area contributed by atoms with Gasteiger partial charge >= 0.3 is 0 Å². The van der Waals surface area contributed by atoms with Crippen molar-refractivity contribution in [2.75, 3.05) is 26.4 Å². The van der Waals surface area contributed by atoms with Crippen molar-refractivity contribution in [1.29, 1.82) is 0 Å². The summed E-state index contributed by atoms with van der Waals surface area (Å²) in [6, 6.07) is 7.50. The monoisotopic (exact) mass is 308 g/mol. The summed E-state index contributed by atoms with van der Waals surface area (Å²) < 4.78 is 23.7. The van der Waals surface area contributed by atoms with Crippen molar-refractivity contribution < 1.29 is 23.6 Å². The lowest BCUT2D eigenvalue weighted by Gasteiger charge is -2.03. The minimum atomic E-state index is -0.438. The second-order valence-corrected chi connectivity index (χ2v) is 4.50. The van der Waals surface area contributed by atoms with E-state index >= 15 is 0 Å². The van der Waals surface area contributed by atoms with Crippen molar-refractivity contribution in [2.24, 2.45) is 0 Å². The maximum Gasteiger partial charge on any atom is 0.273 e. The van der Waals surface area contributed by atoms with E-state index in [1.165, 1.54) is 12.1 Å². The molecule has 1 aromatic heterocycles. The average Bonchev–Trinajstić information content (AvgIpc) is 3.01. The van der Waals surface area contributed by atoms with E-state index in [0.29, 0.717) is 19.6 Å². The molecule has 1 aromatic carbocycles. The Morgan fingerprint density at radius 2 is 2.18 bits per heavy atom. The summed E-state index contributed by atoms with van der Waals surface area (Å²) in [7, 11) is 0. The van der Waals surface area contributed by atoms with Crippen LogP contribution in [0.3, 0.4) is 0 Å². The highest BCUT2D eigenvalue weighted by atomic mass is 19.1. The summed E-state index contributed by atoms with van der Waals surface area (Å²) in [5, 5.41) is 14.8. The lowest BCUT2D eigenvalue weighted by molar-refractivity contribution is 0.0864. The Bertz CT molecular complexity index is 615. The number of ether oxygens (including phenoxy) is 1. The third-order valence-corrected chi connectivity index (χ3v) is 2.87. The standard InChI is InChI=1S/C15H17FN2O4/c16-12-5-2-1-4-11(12)14-10-13(18-22-14)15(20)17-6-3-8-21-9-7-19/h1-2,4-5,10,19H,3,6-9H2,(H,17,20). The van der Waals surface area contributed by atoms with Crippen LogP contribution in [-0.4, -0.2) is 42.5 Å². The minimum Gasteiger partial charge on any atom is -0.394 e. The van der Waals surface area contributed by atoms with Crippen LogP contribution in [0.15, 0.2) is 34.9 Å². The number of aliphatic hydroxyl groups excluding tert-OH is 1. The first kappa shape index (κ1) is 16.1. The molecule has 118 valence electrons. The molecule has 0 unspecified atom stereocenters. The number of nitrogens with zero attached hydrogens (tertiary/aromatic N) is 1. The first-order valence-electron chi connectivity index (χ1n) is 6.91. The molecule has 0 aliphatic heterocycles. The van der Waals surface area contributed by atoms with Gasteiger partial charge in [-0.3, -0.25) is 4.79 Å². The van der Waals surface area contributed by atoms with Gasteiger partial charge in [-0.05, 0) is 18.6 Å². The number of halogens is 1. The summed E-state index contributed by atoms with van der Waals surface area (Å²) >= 11 is 0. The van der Waals surface area contributed by atoms with Crippen molar-refractivity contribution in [3.8, 4) is 11.3 Å². The molecule has 2 rings (SSSR count). The second kappa shape index (κ2) is 8.26. The number of carbonyl (C=O) groups excluding carboxylic acids is 1. The lowest BCUT2D eigenvalue weighted by Crippen LogP contribution is -2.25. The van der Waals surface area contributed by atoms with Gasteiger partial charge in [-0.2, -0.15) is 0 Å². The fourth-order valence-corrected chi connectivity index (χ4v) is 1.80. The topological polar surface area (TPSA) is 84.6 Å². The molecule has 1 amide bonds. The summed E-state index contributed by atoms with van der Waals surface area (Å²) in [5.74, 6) is -0.630. The van der Waals surface area contributed by atoms with E-state index in [9.17, 15) is 9.18 Å². The number of amides is 1. The van der Waals surface area contributed by atoms with Gasteiger partial charge in [-0.25, -0.2) is 4.39 Å². The zero-order valence-corrected chi connectivity index (χ0v) is 11.9. The number of nitrogens with one attached hydrogen (secondary N) is 1. The molecule has 0 aliphatic rings. The van der Waals surface area contributed by atoms with Gasteiger partial charge in [0.25, 0.3) is 5.91 Å². The molecule has 0 aliphatic carbocycles. The van der Waals surface area contributed by atoms with Crippen LogP contribution in [0.1, 0.15) is 16.9 Å². The Morgan fingerprint density at radius 1 is 1.36 bits per heavy atom. The number of aliphatic hydroxyl groups is 1. The maximum absolute atomic E-state index is 13.6. The van der Waals surface area contributed by atoms with Gasteiger partial charge in [-0.1, -0.05) is 17.3 Å². The summed E-state index contributed by atoms with van der Waals surface area (Å²) in [4.78, 5) is 11.9. The largest absolute Gasteiger partial charge is 0.394 e. The molecule has 6 nitrogen and oxygen atoms in total. The van der Waals surface area contributed by atoms with E-state index < -0.39 is 11.7 Å². The van der Waals surface area contributed by atoms with Crippen molar-refractivity contribution >= 4 is 5.91 Å². The Morgan fingerprint density at radius 3 is 2.95 bits per heavy atom. The van der Waals surface area contributed by atoms with E-state index in [-0.39, 0.29) is 30.2 Å². The number of aromatic nitrogens is 1. The molecular formula is C15H17FN2O4. The third kappa shape index (κ3) is 4.37. The molecule has 0 radical (unpaired) electrons. The lowest BCUT2D eigenvalue weighted by atomic mass is 10.1. The van der Waals surface area contributed by atoms with Gasteiger partial charge in [0.1, 0.15) is 5.82 Å². The maximum atomic E-state index is 13.6. The predicted octanol–water partition coefficient (Wildman–Crippen LogP) is 1.61. The highest BCUT2D eigenvalue weighted by Crippen LogP contribution is 2.23. The summed E-state index contributed by atoms with van der Waals surface area (Å²) in [5.41, 5.74) is 0.348. The SMILES string of the molecule is O=C(NCCCOCCO)c1cc(-c2ccccc2F)on1. The Labute approximate surface area is 126 Å². The Kier molecular flexibility index (Phi) is 6.05. The molecule has 0 bridgehead atoms. The van der Waals surface area contributed by atoms with Crippen LogP contribution in [0.25, 0.3) is 11.3 Å². The molecule has 0 fully saturated rings. The zero-order chi connectivity index (χ0) is 15.8. The molecule has 0 atom stereocenters. The van der Waals surface area contributed by atoms with Gasteiger partial charge in [0.2, 0.25) is 0 Å². The molecule has 0 saturated carbocycles. The van der Waals surface area contributed by atoms with E-state index in [4.69, 9.17) is 14.4 Å². The van der Waals surface area contributed by atoms with Crippen LogP contribution >= 0.6 is 0 Å². The quantitative estimate of drug-likeness (QED) is 0.724. The van der Waals surface area contributed by atoms with E-state index in [0.717, 1.165) is 0 Å². The fourth-order valence-electron chi connectivity index (χ4n) is 1.80. The van der Waals surface area contributed by atoms with E-state index in [1.807, 2.05) is 0 Å². The summed E-state index contributed by atoms with van der Waals surface area (Å²) in [6.45, 7) is 1.11. The fraction of sp³-hybridized carbons (Fsp3) is 0.333. The van der Waals surface area contributed by atoms with Gasteiger partial charge in [-0.15, -0.1) is 0 Å². The number of hydrogen-bond acceptors (Lipinski definition) is 5. The van der Waals surface area contributed by atoms with Gasteiger partial charge in [0.15, 0.2) is 11.5 Å². The normalized spacial score (nSPS) is 10.6. The van der Waals surface area contributed by atoms with Crippen LogP contribution in [0.2, 0.25) is 0 Å². The molecule has 7 heteroatoms. The smallest absolute Gasteiger partial charge is 0.273 e. The van der Waals surface area contributed by atoms with Crippen LogP contribution < -0.4 is 5.32 Å². The molecule has 22 heavy (non-hydrogen) atoms. The number of benzene rings is 1. The Hall–Kier alpha value is -2.25. The molecule has 2 aromatic rings. The molecule has 2 N–H and O–H groups in total. The van der Waals surface area contributed by atoms with Crippen LogP contribution in [0, 0.1) is 5.82 Å². The first-order valence-corrected chi connectivity index (χ1v) is 6.91. The highest BCUT2D eigenvalue weighted by Gasteiger charge is 2.15. The van der Waals surface area contributed by atoms with Gasteiger partial charge in [0, 0.05) is 19.2 Å². The van der Waals surface area contributed by atoms with Crippen LogP contribution in [-0.2, 0) is 4.74 Å². The van der Waals surface area contributed by atoms with Crippen molar-refractivity contribution in [3.63, 3.8) is 0 Å². The second-order valence-electron chi connectivity index (χ2n) is 4.50. The number of hydrogen-bond donors (Lipinski definition) is 2. The summed E-state index contributed by atoms with van der Waals surface area (Å²) in [6.07, 6.45) is 0.615. The van der Waals surface area contributed by atoms with Gasteiger partial charge < -0.3 is 19.7 Å². The first-order chi connectivity index (χ1) is 10.7. The average molecular weight is 308 g/mol. The third-order valence-electron chi connectivity index (χ3n) is 2.87. The van der Waals surface area contributed by atoms with Crippen molar-refractivity contribution in [3.05, 3.63) is 41.8 Å². The molecular weight excluding hydrogens is 291 g/mol. The number of carbonyl (C=O) groups is 1. The van der Waals surface area contributed by atoms with Crippen molar-refractivity contribution in [1.82, 2.24) is 10.5 Å². The van der Waals surface area contributed by atoms with Crippen molar-refractivity contribution in [2.45, 2.75) is 6.42 Å². The minimum absolute atomic E-state index is 0.0237. The van der Waals surface area contributed by atoms with E-state index in [1.54, 1.807) is 18.2 Å². The number of rotatable bonds is 8. The zero-order valence-electron chi connectivity index (χ0n) is 11.9. The molecule has 0 saturated heterocycles. The molecule has 1 heterocycles. The Balaban J connectivity index is 1.86. The highest BCUT2D eigenvalue weighted by molar-refractivity contribution is 5.93.